The lowest BCUT2D eigenvalue weighted by Gasteiger charge is -2.16. The van der Waals surface area contributed by atoms with Crippen LogP contribution in [0.4, 0.5) is 0 Å². The molecule has 4 heteroatoms. The van der Waals surface area contributed by atoms with E-state index in [4.69, 9.17) is 15.3 Å². The summed E-state index contributed by atoms with van der Waals surface area (Å²) >= 11 is 0. The minimum Gasteiger partial charge on any atom is -0.466 e. The van der Waals surface area contributed by atoms with Crippen molar-refractivity contribution in [3.63, 3.8) is 0 Å². The summed E-state index contributed by atoms with van der Waals surface area (Å²) in [5, 5.41) is 18.1. The van der Waals surface area contributed by atoms with Crippen LogP contribution >= 0.6 is 0 Å². The monoisotopic (exact) mass is 236 g/mol. The number of rotatable bonds is 8. The Hall–Kier alpha value is -1.55. The summed E-state index contributed by atoms with van der Waals surface area (Å²) in [4.78, 5) is 11.5. The largest absolute Gasteiger partial charge is 0.466 e. The maximum Gasteiger partial charge on any atom is 0.308 e. The van der Waals surface area contributed by atoms with Crippen LogP contribution in [0.15, 0.2) is 0 Å². The van der Waals surface area contributed by atoms with Crippen LogP contribution < -0.4 is 0 Å². The quantitative estimate of drug-likeness (QED) is 0.479. The van der Waals surface area contributed by atoms with E-state index in [9.17, 15) is 4.79 Å². The molecule has 94 valence electrons. The zero-order chi connectivity index (χ0) is 13.1. The second-order valence-corrected chi connectivity index (χ2v) is 4.16. The van der Waals surface area contributed by atoms with Crippen LogP contribution in [0.5, 0.6) is 0 Å². The van der Waals surface area contributed by atoms with Gasteiger partial charge >= 0.3 is 5.97 Å². The molecular weight excluding hydrogens is 216 g/mol. The zero-order valence-corrected chi connectivity index (χ0v) is 10.7. The standard InChI is InChI=1S/C13H20N2O2/c1-3-5-7-13(10-14,11-15)9-12(16)17-8-6-4-2/h3-9H2,1-2H3. The van der Waals surface area contributed by atoms with E-state index < -0.39 is 11.4 Å². The molecule has 0 heterocycles. The molecule has 0 unspecified atom stereocenters. The predicted octanol–water partition coefficient (Wildman–Crippen LogP) is 2.94. The number of hydrogen-bond donors (Lipinski definition) is 0. The van der Waals surface area contributed by atoms with Gasteiger partial charge in [-0.2, -0.15) is 10.5 Å². The Morgan fingerprint density at radius 1 is 1.18 bits per heavy atom. The Bertz CT molecular complexity index is 298. The summed E-state index contributed by atoms with van der Waals surface area (Å²) in [5.74, 6) is -0.447. The van der Waals surface area contributed by atoms with Gasteiger partial charge in [-0.3, -0.25) is 4.79 Å². The highest BCUT2D eigenvalue weighted by Gasteiger charge is 2.33. The lowest BCUT2D eigenvalue weighted by Crippen LogP contribution is -2.22. The Kier molecular flexibility index (Phi) is 7.80. The van der Waals surface area contributed by atoms with Gasteiger partial charge in [0.05, 0.1) is 25.2 Å². The third-order valence-electron chi connectivity index (χ3n) is 2.59. The lowest BCUT2D eigenvalue weighted by atomic mass is 9.83. The first kappa shape index (κ1) is 15.4. The van der Waals surface area contributed by atoms with Gasteiger partial charge in [0.25, 0.3) is 0 Å². The van der Waals surface area contributed by atoms with Gasteiger partial charge in [0, 0.05) is 0 Å². The molecule has 0 radical (unpaired) electrons. The van der Waals surface area contributed by atoms with Crippen molar-refractivity contribution in [1.82, 2.24) is 0 Å². The zero-order valence-electron chi connectivity index (χ0n) is 10.7. The Morgan fingerprint density at radius 3 is 2.24 bits per heavy atom. The summed E-state index contributed by atoms with van der Waals surface area (Å²) < 4.78 is 4.98. The van der Waals surface area contributed by atoms with Crippen molar-refractivity contribution in [2.75, 3.05) is 6.61 Å². The molecule has 0 rings (SSSR count). The van der Waals surface area contributed by atoms with Crippen LogP contribution in [0, 0.1) is 28.1 Å². The topological polar surface area (TPSA) is 73.9 Å². The Labute approximate surface area is 103 Å². The first-order chi connectivity index (χ1) is 8.14. The molecular formula is C13H20N2O2. The number of unbranched alkanes of at least 4 members (excludes halogenated alkanes) is 2. The van der Waals surface area contributed by atoms with Crippen molar-refractivity contribution in [2.24, 2.45) is 5.41 Å². The number of carbonyl (C=O) groups excluding carboxylic acids is 1. The van der Waals surface area contributed by atoms with Gasteiger partial charge in [0.2, 0.25) is 0 Å². The van der Waals surface area contributed by atoms with Gasteiger partial charge in [0.1, 0.15) is 0 Å². The Balaban J connectivity index is 4.30. The number of nitriles is 2. The van der Waals surface area contributed by atoms with Crippen LogP contribution in [0.2, 0.25) is 0 Å². The molecule has 0 aromatic carbocycles. The van der Waals surface area contributed by atoms with Crippen molar-refractivity contribution >= 4 is 5.97 Å². The molecule has 0 aliphatic carbocycles. The normalized spacial score (nSPS) is 10.4. The van der Waals surface area contributed by atoms with E-state index >= 15 is 0 Å². The second-order valence-electron chi connectivity index (χ2n) is 4.16. The van der Waals surface area contributed by atoms with Crippen molar-refractivity contribution in [2.45, 2.75) is 52.4 Å². The van der Waals surface area contributed by atoms with Crippen molar-refractivity contribution in [3.05, 3.63) is 0 Å². The summed E-state index contributed by atoms with van der Waals surface area (Å²) in [5.41, 5.74) is -1.21. The van der Waals surface area contributed by atoms with Crippen LogP contribution in [0.25, 0.3) is 0 Å². The summed E-state index contributed by atoms with van der Waals surface area (Å²) in [6.45, 7) is 4.36. The maximum absolute atomic E-state index is 11.5. The predicted molar refractivity (Wildman–Crippen MR) is 63.7 cm³/mol. The van der Waals surface area contributed by atoms with E-state index in [1.165, 1.54) is 0 Å². The van der Waals surface area contributed by atoms with E-state index in [1.807, 2.05) is 26.0 Å². The van der Waals surface area contributed by atoms with Gasteiger partial charge in [-0.15, -0.1) is 0 Å². The number of nitrogens with zero attached hydrogens (tertiary/aromatic N) is 2. The van der Waals surface area contributed by atoms with E-state index in [1.54, 1.807) is 0 Å². The molecule has 0 atom stereocenters. The molecule has 0 aromatic heterocycles. The maximum atomic E-state index is 11.5. The van der Waals surface area contributed by atoms with Crippen molar-refractivity contribution in [3.8, 4) is 12.1 Å². The van der Waals surface area contributed by atoms with Gasteiger partial charge in [0.15, 0.2) is 5.41 Å². The first-order valence-electron chi connectivity index (χ1n) is 6.12. The second kappa shape index (κ2) is 8.58. The smallest absolute Gasteiger partial charge is 0.308 e. The SMILES string of the molecule is CCCCOC(=O)CC(C#N)(C#N)CCCC. The molecule has 0 N–H and O–H groups in total. The van der Waals surface area contributed by atoms with Crippen molar-refractivity contribution < 1.29 is 9.53 Å². The van der Waals surface area contributed by atoms with Gasteiger partial charge in [-0.25, -0.2) is 0 Å². The van der Waals surface area contributed by atoms with E-state index in [2.05, 4.69) is 0 Å². The Morgan fingerprint density at radius 2 is 1.76 bits per heavy atom. The molecule has 0 saturated heterocycles. The van der Waals surface area contributed by atoms with Crippen LogP contribution in [-0.2, 0) is 9.53 Å². The average molecular weight is 236 g/mol. The highest BCUT2D eigenvalue weighted by Crippen LogP contribution is 2.27. The van der Waals surface area contributed by atoms with E-state index in [-0.39, 0.29) is 6.42 Å². The summed E-state index contributed by atoms with van der Waals surface area (Å²) in [6, 6.07) is 3.92. The first-order valence-corrected chi connectivity index (χ1v) is 6.12. The minimum absolute atomic E-state index is 0.121. The number of hydrogen-bond acceptors (Lipinski definition) is 4. The average Bonchev–Trinajstić information content (AvgIpc) is 2.35. The van der Waals surface area contributed by atoms with Gasteiger partial charge in [-0.05, 0) is 12.8 Å². The molecule has 0 aliphatic rings. The molecule has 0 aliphatic heterocycles. The van der Waals surface area contributed by atoms with E-state index in [0.717, 1.165) is 25.7 Å². The highest BCUT2D eigenvalue weighted by atomic mass is 16.5. The van der Waals surface area contributed by atoms with E-state index in [0.29, 0.717) is 13.0 Å². The highest BCUT2D eigenvalue weighted by molar-refractivity contribution is 5.71. The minimum atomic E-state index is -1.21. The molecule has 0 aromatic rings. The summed E-state index contributed by atoms with van der Waals surface area (Å²) in [7, 11) is 0. The molecule has 0 amide bonds. The molecule has 0 bridgehead atoms. The third-order valence-corrected chi connectivity index (χ3v) is 2.59. The van der Waals surface area contributed by atoms with Crippen LogP contribution in [-0.4, -0.2) is 12.6 Å². The molecule has 0 spiro atoms. The molecule has 0 fully saturated rings. The van der Waals surface area contributed by atoms with Crippen LogP contribution in [0.1, 0.15) is 52.4 Å². The third kappa shape index (κ3) is 5.92. The fourth-order valence-corrected chi connectivity index (χ4v) is 1.41. The fraction of sp³-hybridized carbons (Fsp3) is 0.769. The van der Waals surface area contributed by atoms with Crippen molar-refractivity contribution in [1.29, 1.82) is 10.5 Å². The van der Waals surface area contributed by atoms with Gasteiger partial charge in [-0.1, -0.05) is 33.1 Å². The number of esters is 1. The fourth-order valence-electron chi connectivity index (χ4n) is 1.41. The lowest BCUT2D eigenvalue weighted by molar-refractivity contribution is -0.145. The number of carbonyl (C=O) groups is 1. The molecule has 4 nitrogen and oxygen atoms in total. The number of ether oxygens (including phenoxy) is 1. The molecule has 17 heavy (non-hydrogen) atoms. The molecule has 0 saturated carbocycles. The van der Waals surface area contributed by atoms with Gasteiger partial charge < -0.3 is 4.74 Å². The van der Waals surface area contributed by atoms with Crippen LogP contribution in [0.3, 0.4) is 0 Å². The summed E-state index contributed by atoms with van der Waals surface area (Å²) in [6.07, 6.45) is 3.74.